The zero-order chi connectivity index (χ0) is 14.4. The van der Waals surface area contributed by atoms with E-state index < -0.39 is 0 Å². The molecule has 0 aliphatic rings. The second-order valence-corrected chi connectivity index (χ2v) is 4.52. The van der Waals surface area contributed by atoms with E-state index in [4.69, 9.17) is 4.74 Å². The van der Waals surface area contributed by atoms with Gasteiger partial charge in [-0.15, -0.1) is 0 Å². The maximum absolute atomic E-state index is 11.8. The van der Waals surface area contributed by atoms with E-state index in [2.05, 4.69) is 0 Å². The Morgan fingerprint density at radius 2 is 2.15 bits per heavy atom. The second-order valence-electron chi connectivity index (χ2n) is 4.52. The SMILES string of the molecule is CCCOC(=O)c1cccc(Cn2cccc2C=O)c1. The lowest BCUT2D eigenvalue weighted by atomic mass is 10.1. The molecule has 0 radical (unpaired) electrons. The monoisotopic (exact) mass is 271 g/mol. The van der Waals surface area contributed by atoms with Crippen molar-refractivity contribution < 1.29 is 14.3 Å². The fourth-order valence-electron chi connectivity index (χ4n) is 1.95. The Labute approximate surface area is 118 Å². The molecule has 0 saturated carbocycles. The molecule has 1 aromatic carbocycles. The topological polar surface area (TPSA) is 48.3 Å². The van der Waals surface area contributed by atoms with Crippen molar-refractivity contribution >= 4 is 12.3 Å². The minimum atomic E-state index is -0.309. The van der Waals surface area contributed by atoms with Gasteiger partial charge in [0.25, 0.3) is 0 Å². The zero-order valence-electron chi connectivity index (χ0n) is 11.4. The first-order valence-electron chi connectivity index (χ1n) is 6.61. The van der Waals surface area contributed by atoms with Crippen LogP contribution in [-0.4, -0.2) is 23.4 Å². The summed E-state index contributed by atoms with van der Waals surface area (Å²) in [4.78, 5) is 22.7. The van der Waals surface area contributed by atoms with Gasteiger partial charge in [0.2, 0.25) is 0 Å². The molecule has 0 unspecified atom stereocenters. The number of nitrogens with zero attached hydrogens (tertiary/aromatic N) is 1. The molecule has 0 aliphatic heterocycles. The molecule has 4 nitrogen and oxygen atoms in total. The van der Waals surface area contributed by atoms with Crippen molar-refractivity contribution in [1.82, 2.24) is 4.57 Å². The van der Waals surface area contributed by atoms with Crippen LogP contribution in [0.25, 0.3) is 0 Å². The van der Waals surface area contributed by atoms with Crippen molar-refractivity contribution in [2.24, 2.45) is 0 Å². The molecule has 0 atom stereocenters. The van der Waals surface area contributed by atoms with E-state index in [1.54, 1.807) is 18.2 Å². The highest BCUT2D eigenvalue weighted by atomic mass is 16.5. The predicted octanol–water partition coefficient (Wildman–Crippen LogP) is 2.92. The van der Waals surface area contributed by atoms with Gasteiger partial charge in [-0.1, -0.05) is 19.1 Å². The Hall–Kier alpha value is -2.36. The first-order valence-corrected chi connectivity index (χ1v) is 6.61. The third-order valence-electron chi connectivity index (χ3n) is 2.94. The molecule has 0 amide bonds. The average molecular weight is 271 g/mol. The third-order valence-corrected chi connectivity index (χ3v) is 2.94. The number of esters is 1. The number of aldehydes is 1. The van der Waals surface area contributed by atoms with E-state index in [-0.39, 0.29) is 5.97 Å². The summed E-state index contributed by atoms with van der Waals surface area (Å²) < 4.78 is 6.95. The Balaban J connectivity index is 2.13. The largest absolute Gasteiger partial charge is 0.462 e. The van der Waals surface area contributed by atoms with Gasteiger partial charge in [-0.2, -0.15) is 0 Å². The van der Waals surface area contributed by atoms with Crippen LogP contribution >= 0.6 is 0 Å². The maximum atomic E-state index is 11.8. The summed E-state index contributed by atoms with van der Waals surface area (Å²) >= 11 is 0. The van der Waals surface area contributed by atoms with Crippen LogP contribution in [0.3, 0.4) is 0 Å². The number of hydrogen-bond acceptors (Lipinski definition) is 3. The van der Waals surface area contributed by atoms with E-state index in [1.165, 1.54) is 0 Å². The Kier molecular flexibility index (Phi) is 4.71. The normalized spacial score (nSPS) is 10.2. The molecule has 0 saturated heterocycles. The quantitative estimate of drug-likeness (QED) is 0.599. The van der Waals surface area contributed by atoms with E-state index in [0.717, 1.165) is 18.3 Å². The van der Waals surface area contributed by atoms with Crippen molar-refractivity contribution in [3.8, 4) is 0 Å². The van der Waals surface area contributed by atoms with Crippen LogP contribution in [0.1, 0.15) is 39.8 Å². The highest BCUT2D eigenvalue weighted by Gasteiger charge is 2.08. The van der Waals surface area contributed by atoms with Gasteiger partial charge in [0.1, 0.15) is 0 Å². The maximum Gasteiger partial charge on any atom is 0.338 e. The van der Waals surface area contributed by atoms with E-state index in [9.17, 15) is 9.59 Å². The van der Waals surface area contributed by atoms with Crippen LogP contribution in [0, 0.1) is 0 Å². The molecule has 20 heavy (non-hydrogen) atoms. The Bertz CT molecular complexity index is 601. The summed E-state index contributed by atoms with van der Waals surface area (Å²) in [5.74, 6) is -0.309. The van der Waals surface area contributed by atoms with E-state index in [0.29, 0.717) is 24.4 Å². The fourth-order valence-corrected chi connectivity index (χ4v) is 1.95. The number of carbonyl (C=O) groups excluding carboxylic acids is 2. The van der Waals surface area contributed by atoms with Crippen LogP contribution in [-0.2, 0) is 11.3 Å². The van der Waals surface area contributed by atoms with Gasteiger partial charge < -0.3 is 9.30 Å². The minimum Gasteiger partial charge on any atom is -0.462 e. The fraction of sp³-hybridized carbons (Fsp3) is 0.250. The molecule has 2 rings (SSSR count). The van der Waals surface area contributed by atoms with Crippen molar-refractivity contribution in [3.05, 3.63) is 59.4 Å². The molecule has 0 N–H and O–H groups in total. The molecule has 104 valence electrons. The van der Waals surface area contributed by atoms with Gasteiger partial charge in [0.15, 0.2) is 6.29 Å². The Morgan fingerprint density at radius 3 is 2.90 bits per heavy atom. The van der Waals surface area contributed by atoms with Gasteiger partial charge in [-0.25, -0.2) is 4.79 Å². The van der Waals surface area contributed by atoms with Gasteiger partial charge in [-0.3, -0.25) is 4.79 Å². The molecule has 4 heteroatoms. The van der Waals surface area contributed by atoms with Crippen LogP contribution in [0.4, 0.5) is 0 Å². The molecule has 0 bridgehead atoms. The van der Waals surface area contributed by atoms with E-state index >= 15 is 0 Å². The third kappa shape index (κ3) is 3.35. The van der Waals surface area contributed by atoms with Crippen LogP contribution in [0.5, 0.6) is 0 Å². The average Bonchev–Trinajstić information content (AvgIpc) is 2.92. The number of ether oxygens (including phenoxy) is 1. The predicted molar refractivity (Wildman–Crippen MR) is 75.9 cm³/mol. The molecular weight excluding hydrogens is 254 g/mol. The summed E-state index contributed by atoms with van der Waals surface area (Å²) in [6.07, 6.45) is 3.46. The lowest BCUT2D eigenvalue weighted by molar-refractivity contribution is 0.0505. The molecule has 0 spiro atoms. The van der Waals surface area contributed by atoms with Gasteiger partial charge in [0.05, 0.1) is 17.9 Å². The lowest BCUT2D eigenvalue weighted by Gasteiger charge is -2.08. The minimum absolute atomic E-state index is 0.309. The number of carbonyl (C=O) groups is 2. The first-order chi connectivity index (χ1) is 9.74. The zero-order valence-corrected chi connectivity index (χ0v) is 11.4. The Morgan fingerprint density at radius 1 is 1.30 bits per heavy atom. The summed E-state index contributed by atoms with van der Waals surface area (Å²) in [5.41, 5.74) is 2.11. The molecular formula is C16H17NO3. The molecule has 0 aliphatic carbocycles. The highest BCUT2D eigenvalue weighted by Crippen LogP contribution is 2.10. The molecule has 1 aromatic heterocycles. The summed E-state index contributed by atoms with van der Waals surface area (Å²) in [5, 5.41) is 0. The van der Waals surface area contributed by atoms with Gasteiger partial charge in [-0.05, 0) is 36.2 Å². The van der Waals surface area contributed by atoms with Crippen molar-refractivity contribution in [2.45, 2.75) is 19.9 Å². The smallest absolute Gasteiger partial charge is 0.338 e. The van der Waals surface area contributed by atoms with Crippen LogP contribution in [0.15, 0.2) is 42.6 Å². The molecule has 1 heterocycles. The number of benzene rings is 1. The highest BCUT2D eigenvalue weighted by molar-refractivity contribution is 5.89. The van der Waals surface area contributed by atoms with E-state index in [1.807, 2.05) is 35.9 Å². The lowest BCUT2D eigenvalue weighted by Crippen LogP contribution is -2.07. The first kappa shape index (κ1) is 14.1. The van der Waals surface area contributed by atoms with Crippen LogP contribution in [0.2, 0.25) is 0 Å². The van der Waals surface area contributed by atoms with Crippen molar-refractivity contribution in [3.63, 3.8) is 0 Å². The summed E-state index contributed by atoms with van der Waals surface area (Å²) in [6, 6.07) is 10.9. The number of rotatable bonds is 6. The molecule has 2 aromatic rings. The number of hydrogen-bond donors (Lipinski definition) is 0. The van der Waals surface area contributed by atoms with Crippen molar-refractivity contribution in [2.75, 3.05) is 6.61 Å². The standard InChI is InChI=1S/C16H17NO3/c1-2-9-20-16(19)14-6-3-5-13(10-14)11-17-8-4-7-15(17)12-18/h3-8,10,12H,2,9,11H2,1H3. The van der Waals surface area contributed by atoms with Gasteiger partial charge in [0, 0.05) is 12.7 Å². The second kappa shape index (κ2) is 6.70. The van der Waals surface area contributed by atoms with Crippen molar-refractivity contribution in [1.29, 1.82) is 0 Å². The van der Waals surface area contributed by atoms with Crippen LogP contribution < -0.4 is 0 Å². The molecule has 0 fully saturated rings. The summed E-state index contributed by atoms with van der Waals surface area (Å²) in [7, 11) is 0. The number of aromatic nitrogens is 1. The van der Waals surface area contributed by atoms with Gasteiger partial charge >= 0.3 is 5.97 Å². The summed E-state index contributed by atoms with van der Waals surface area (Å²) in [6.45, 7) is 2.93.